The van der Waals surface area contributed by atoms with E-state index in [2.05, 4.69) is 17.2 Å². The summed E-state index contributed by atoms with van der Waals surface area (Å²) in [6.07, 6.45) is 9.91. The van der Waals surface area contributed by atoms with Crippen molar-refractivity contribution in [3.8, 4) is 0 Å². The van der Waals surface area contributed by atoms with Gasteiger partial charge in [0.2, 0.25) is 0 Å². The van der Waals surface area contributed by atoms with Crippen molar-refractivity contribution in [3.05, 3.63) is 24.0 Å². The molecule has 0 unspecified atom stereocenters. The molecule has 1 saturated heterocycles. The third-order valence-corrected chi connectivity index (χ3v) is 9.67. The van der Waals surface area contributed by atoms with Crippen LogP contribution in [0.15, 0.2) is 18.5 Å². The molecule has 1 spiro atoms. The van der Waals surface area contributed by atoms with E-state index in [1.807, 2.05) is 6.20 Å². The summed E-state index contributed by atoms with van der Waals surface area (Å²) in [6, 6.07) is 6.91. The molecule has 2 aliphatic heterocycles. The minimum absolute atomic E-state index is 1.00. The van der Waals surface area contributed by atoms with Crippen molar-refractivity contribution in [3.63, 3.8) is 0 Å². The van der Waals surface area contributed by atoms with Crippen molar-refractivity contribution >= 4 is 13.3 Å². The summed E-state index contributed by atoms with van der Waals surface area (Å²) >= 11 is 0. The lowest BCUT2D eigenvalue weighted by atomic mass is 10.1. The van der Waals surface area contributed by atoms with E-state index in [1.165, 1.54) is 25.7 Å². The molecular weight excluding hydrogens is 186 g/mol. The molecule has 1 nitrogen and oxygen atoms in total. The highest BCUT2D eigenvalue weighted by molar-refractivity contribution is 6.92. The van der Waals surface area contributed by atoms with Crippen LogP contribution >= 0.6 is 0 Å². The van der Waals surface area contributed by atoms with Crippen molar-refractivity contribution in [1.82, 2.24) is 4.98 Å². The summed E-state index contributed by atoms with van der Waals surface area (Å²) in [5.41, 5.74) is 1.64. The van der Waals surface area contributed by atoms with Gasteiger partial charge in [-0.3, -0.25) is 4.98 Å². The number of pyridine rings is 1. The normalized spacial score (nSPS) is 23.7. The highest BCUT2D eigenvalue weighted by atomic mass is 28.3. The molecular formula is C12H17NSi. The lowest BCUT2D eigenvalue weighted by molar-refractivity contribution is 0.878. The van der Waals surface area contributed by atoms with E-state index in [9.17, 15) is 0 Å². The SMILES string of the molecule is c1cc2c(cn1)[Si]1(CCCC1)CCC2. The summed E-state index contributed by atoms with van der Waals surface area (Å²) in [4.78, 5) is 4.35. The Labute approximate surface area is 86.6 Å². The molecule has 0 aliphatic carbocycles. The van der Waals surface area contributed by atoms with Crippen LogP contribution in [-0.2, 0) is 6.42 Å². The van der Waals surface area contributed by atoms with E-state index in [4.69, 9.17) is 0 Å². The molecule has 0 aromatic carbocycles. The molecule has 14 heavy (non-hydrogen) atoms. The van der Waals surface area contributed by atoms with Gasteiger partial charge < -0.3 is 0 Å². The summed E-state index contributed by atoms with van der Waals surface area (Å²) in [6.45, 7) is 0. The van der Waals surface area contributed by atoms with E-state index in [1.54, 1.807) is 28.9 Å². The maximum Gasteiger partial charge on any atom is 0.0891 e. The van der Waals surface area contributed by atoms with Gasteiger partial charge in [0.05, 0.1) is 8.07 Å². The molecule has 0 radical (unpaired) electrons. The summed E-state index contributed by atoms with van der Waals surface area (Å²) in [5.74, 6) is 0. The minimum Gasteiger partial charge on any atom is -0.265 e. The van der Waals surface area contributed by atoms with E-state index < -0.39 is 8.07 Å². The summed E-state index contributed by atoms with van der Waals surface area (Å²) < 4.78 is 0. The molecule has 1 fully saturated rings. The van der Waals surface area contributed by atoms with Crippen LogP contribution in [0.5, 0.6) is 0 Å². The van der Waals surface area contributed by atoms with Crippen LogP contribution in [-0.4, -0.2) is 13.1 Å². The van der Waals surface area contributed by atoms with Crippen molar-refractivity contribution in [2.24, 2.45) is 0 Å². The molecule has 0 bridgehead atoms. The Hall–Kier alpha value is -0.633. The number of rotatable bonds is 0. The molecule has 2 heteroatoms. The Bertz CT molecular complexity index is 342. The molecule has 2 aliphatic rings. The van der Waals surface area contributed by atoms with E-state index in [0.717, 1.165) is 0 Å². The van der Waals surface area contributed by atoms with E-state index in [0.29, 0.717) is 0 Å². The molecule has 1 aromatic heterocycles. The van der Waals surface area contributed by atoms with Crippen LogP contribution in [0.2, 0.25) is 18.1 Å². The quantitative estimate of drug-likeness (QED) is 0.590. The Kier molecular flexibility index (Phi) is 1.98. The first-order chi connectivity index (χ1) is 6.91. The van der Waals surface area contributed by atoms with Crippen molar-refractivity contribution in [2.75, 3.05) is 0 Å². The maximum absolute atomic E-state index is 4.35. The second-order valence-electron chi connectivity index (χ2n) is 4.87. The second-order valence-corrected chi connectivity index (χ2v) is 9.47. The van der Waals surface area contributed by atoms with Gasteiger partial charge in [0.25, 0.3) is 0 Å². The van der Waals surface area contributed by atoms with Gasteiger partial charge in [-0.25, -0.2) is 0 Å². The minimum atomic E-state index is -1.00. The lowest BCUT2D eigenvalue weighted by Gasteiger charge is -2.33. The topological polar surface area (TPSA) is 12.9 Å². The van der Waals surface area contributed by atoms with Gasteiger partial charge in [0.1, 0.15) is 0 Å². The first-order valence-electron chi connectivity index (χ1n) is 5.84. The molecule has 1 aromatic rings. The summed E-state index contributed by atoms with van der Waals surface area (Å²) in [5, 5.41) is 1.73. The Morgan fingerprint density at radius 3 is 2.71 bits per heavy atom. The zero-order valence-electron chi connectivity index (χ0n) is 8.63. The van der Waals surface area contributed by atoms with Gasteiger partial charge in [-0.2, -0.15) is 0 Å². The fourth-order valence-corrected chi connectivity index (χ4v) is 8.94. The molecule has 0 N–H and O–H groups in total. The fourth-order valence-electron chi connectivity index (χ4n) is 3.44. The molecule has 3 heterocycles. The average Bonchev–Trinajstić information content (AvgIpc) is 2.68. The number of aromatic nitrogens is 1. The number of hydrogen-bond donors (Lipinski definition) is 0. The standard InChI is InChI=1S/C12H17NSi/c1-2-8-14(7-1)9-3-4-11-5-6-13-10-12(11)14/h5-6,10H,1-4,7-9H2. The van der Waals surface area contributed by atoms with Gasteiger partial charge in [0, 0.05) is 12.4 Å². The first-order valence-corrected chi connectivity index (χ1v) is 8.46. The van der Waals surface area contributed by atoms with Gasteiger partial charge in [-0.05, 0) is 23.2 Å². The molecule has 0 atom stereocenters. The largest absolute Gasteiger partial charge is 0.265 e. The number of fused-ring (bicyclic) bond motifs is 2. The zero-order chi connectivity index (χ0) is 9.43. The first kappa shape index (κ1) is 8.66. The maximum atomic E-state index is 4.35. The molecule has 3 rings (SSSR count). The highest BCUT2D eigenvalue weighted by Gasteiger charge is 2.40. The third-order valence-electron chi connectivity index (χ3n) is 4.14. The third kappa shape index (κ3) is 1.17. The Morgan fingerprint density at radius 2 is 1.86 bits per heavy atom. The second kappa shape index (κ2) is 3.19. The zero-order valence-corrected chi connectivity index (χ0v) is 9.63. The van der Waals surface area contributed by atoms with Crippen LogP contribution < -0.4 is 5.19 Å². The van der Waals surface area contributed by atoms with Crippen molar-refractivity contribution in [1.29, 1.82) is 0 Å². The molecule has 0 saturated carbocycles. The Balaban J connectivity index is 2.10. The Morgan fingerprint density at radius 1 is 1.07 bits per heavy atom. The molecule has 0 amide bonds. The number of nitrogens with zero attached hydrogens (tertiary/aromatic N) is 1. The fraction of sp³-hybridized carbons (Fsp3) is 0.583. The van der Waals surface area contributed by atoms with Crippen molar-refractivity contribution < 1.29 is 0 Å². The van der Waals surface area contributed by atoms with Gasteiger partial charge >= 0.3 is 0 Å². The van der Waals surface area contributed by atoms with Gasteiger partial charge in [-0.1, -0.05) is 37.4 Å². The predicted octanol–water partition coefficient (Wildman–Crippen LogP) is 2.48. The monoisotopic (exact) mass is 203 g/mol. The lowest BCUT2D eigenvalue weighted by Crippen LogP contribution is -2.49. The van der Waals surface area contributed by atoms with Crippen LogP contribution in [0, 0.1) is 0 Å². The van der Waals surface area contributed by atoms with Crippen LogP contribution in [0.25, 0.3) is 0 Å². The van der Waals surface area contributed by atoms with Crippen LogP contribution in [0.1, 0.15) is 24.8 Å². The van der Waals surface area contributed by atoms with E-state index >= 15 is 0 Å². The number of hydrogen-bond acceptors (Lipinski definition) is 1. The highest BCUT2D eigenvalue weighted by Crippen LogP contribution is 2.37. The van der Waals surface area contributed by atoms with Crippen LogP contribution in [0.4, 0.5) is 0 Å². The van der Waals surface area contributed by atoms with E-state index in [-0.39, 0.29) is 0 Å². The predicted molar refractivity (Wildman–Crippen MR) is 61.6 cm³/mol. The van der Waals surface area contributed by atoms with Gasteiger partial charge in [-0.15, -0.1) is 0 Å². The average molecular weight is 203 g/mol. The van der Waals surface area contributed by atoms with Crippen LogP contribution in [0.3, 0.4) is 0 Å². The smallest absolute Gasteiger partial charge is 0.0891 e. The summed E-state index contributed by atoms with van der Waals surface area (Å²) in [7, 11) is -1.00. The van der Waals surface area contributed by atoms with Crippen molar-refractivity contribution in [2.45, 2.75) is 43.8 Å². The van der Waals surface area contributed by atoms with Gasteiger partial charge in [0.15, 0.2) is 0 Å². The molecule has 74 valence electrons. The number of aryl methyl sites for hydroxylation is 1.